The van der Waals surface area contributed by atoms with E-state index in [1.807, 2.05) is 6.92 Å². The average Bonchev–Trinajstić information content (AvgIpc) is 2.84. The lowest BCUT2D eigenvalue weighted by Crippen LogP contribution is -2.25. The number of rotatable bonds is 5. The van der Waals surface area contributed by atoms with Gasteiger partial charge >= 0.3 is 0 Å². The van der Waals surface area contributed by atoms with Crippen LogP contribution in [0.15, 0.2) is 35.5 Å². The third-order valence-corrected chi connectivity index (χ3v) is 4.14. The highest BCUT2D eigenvalue weighted by molar-refractivity contribution is 7.89. The fraction of sp³-hybridized carbons (Fsp3) is 0.273. The number of anilines is 1. The number of para-hydroxylation sites is 1. The molecule has 0 atom stereocenters. The van der Waals surface area contributed by atoms with Gasteiger partial charge in [-0.2, -0.15) is 0 Å². The van der Waals surface area contributed by atoms with Crippen molar-refractivity contribution in [3.8, 4) is 0 Å². The molecule has 0 unspecified atom stereocenters. The van der Waals surface area contributed by atoms with Gasteiger partial charge in [-0.05, 0) is 19.1 Å². The van der Waals surface area contributed by atoms with Crippen LogP contribution in [0.25, 0.3) is 0 Å². The van der Waals surface area contributed by atoms with Crippen molar-refractivity contribution in [2.24, 2.45) is 0 Å². The maximum atomic E-state index is 12.1. The lowest BCUT2D eigenvalue weighted by atomic mass is 10.3. The molecule has 8 heteroatoms. The molecule has 0 aliphatic heterocycles. The van der Waals surface area contributed by atoms with Crippen molar-refractivity contribution >= 4 is 15.7 Å². The van der Waals surface area contributed by atoms with E-state index in [1.54, 1.807) is 29.1 Å². The first-order chi connectivity index (χ1) is 9.04. The van der Waals surface area contributed by atoms with Crippen LogP contribution in [0, 0.1) is 0 Å². The van der Waals surface area contributed by atoms with E-state index in [4.69, 9.17) is 5.73 Å². The van der Waals surface area contributed by atoms with Gasteiger partial charge in [0, 0.05) is 6.54 Å². The Morgan fingerprint density at radius 3 is 2.79 bits per heavy atom. The standard InChI is InChI=1S/C11H15N5O2S/c1-2-16-8-13-15-11(16)7-14-19(17,18)10-6-4-3-5-9(10)12/h3-6,8,14H,2,7,12H2,1H3. The highest BCUT2D eigenvalue weighted by Gasteiger charge is 2.17. The molecule has 2 aromatic rings. The fourth-order valence-corrected chi connectivity index (χ4v) is 2.75. The zero-order chi connectivity index (χ0) is 13.9. The van der Waals surface area contributed by atoms with Crippen LogP contribution in [0.3, 0.4) is 0 Å². The van der Waals surface area contributed by atoms with Crippen molar-refractivity contribution in [2.45, 2.75) is 24.9 Å². The molecule has 0 saturated heterocycles. The quantitative estimate of drug-likeness (QED) is 0.770. The second-order valence-corrected chi connectivity index (χ2v) is 5.63. The molecule has 19 heavy (non-hydrogen) atoms. The van der Waals surface area contributed by atoms with Crippen molar-refractivity contribution in [1.29, 1.82) is 0 Å². The molecule has 1 aromatic heterocycles. The average molecular weight is 281 g/mol. The molecule has 102 valence electrons. The summed E-state index contributed by atoms with van der Waals surface area (Å²) in [6.45, 7) is 2.68. The number of benzene rings is 1. The summed E-state index contributed by atoms with van der Waals surface area (Å²) in [5.41, 5.74) is 5.87. The van der Waals surface area contributed by atoms with Crippen LogP contribution < -0.4 is 10.5 Å². The summed E-state index contributed by atoms with van der Waals surface area (Å²) in [7, 11) is -3.65. The summed E-state index contributed by atoms with van der Waals surface area (Å²) >= 11 is 0. The highest BCUT2D eigenvalue weighted by Crippen LogP contribution is 2.16. The predicted molar refractivity (Wildman–Crippen MR) is 70.6 cm³/mol. The van der Waals surface area contributed by atoms with Gasteiger partial charge in [0.15, 0.2) is 0 Å². The van der Waals surface area contributed by atoms with Gasteiger partial charge in [0.25, 0.3) is 0 Å². The van der Waals surface area contributed by atoms with Crippen molar-refractivity contribution in [3.05, 3.63) is 36.4 Å². The Hall–Kier alpha value is -1.93. The second kappa shape index (κ2) is 5.37. The summed E-state index contributed by atoms with van der Waals surface area (Å²) in [6.07, 6.45) is 1.56. The number of aryl methyl sites for hydroxylation is 1. The van der Waals surface area contributed by atoms with E-state index in [1.165, 1.54) is 6.07 Å². The number of nitrogens with zero attached hydrogens (tertiary/aromatic N) is 3. The van der Waals surface area contributed by atoms with Crippen LogP contribution in [-0.4, -0.2) is 23.2 Å². The van der Waals surface area contributed by atoms with E-state index in [9.17, 15) is 8.42 Å². The maximum absolute atomic E-state index is 12.1. The molecule has 0 fully saturated rings. The van der Waals surface area contributed by atoms with E-state index in [2.05, 4.69) is 14.9 Å². The Labute approximate surface area is 111 Å². The molecule has 7 nitrogen and oxygen atoms in total. The van der Waals surface area contributed by atoms with E-state index in [0.29, 0.717) is 12.4 Å². The van der Waals surface area contributed by atoms with Crippen LogP contribution >= 0.6 is 0 Å². The molecule has 0 spiro atoms. The van der Waals surface area contributed by atoms with Crippen LogP contribution in [-0.2, 0) is 23.1 Å². The van der Waals surface area contributed by atoms with Gasteiger partial charge in [-0.1, -0.05) is 12.1 Å². The molecule has 2 rings (SSSR count). The summed E-state index contributed by atoms with van der Waals surface area (Å²) in [5, 5.41) is 7.60. The third kappa shape index (κ3) is 2.91. The van der Waals surface area contributed by atoms with Crippen LogP contribution in [0.1, 0.15) is 12.7 Å². The molecule has 1 heterocycles. The maximum Gasteiger partial charge on any atom is 0.243 e. The number of nitrogens with one attached hydrogen (secondary N) is 1. The Kier molecular flexibility index (Phi) is 3.82. The summed E-state index contributed by atoms with van der Waals surface area (Å²) in [6, 6.07) is 6.31. The molecule has 3 N–H and O–H groups in total. The monoisotopic (exact) mass is 281 g/mol. The van der Waals surface area contributed by atoms with Crippen molar-refractivity contribution in [1.82, 2.24) is 19.5 Å². The molecule has 0 amide bonds. The minimum Gasteiger partial charge on any atom is -0.398 e. The lowest BCUT2D eigenvalue weighted by molar-refractivity contribution is 0.575. The van der Waals surface area contributed by atoms with Gasteiger partial charge < -0.3 is 10.3 Å². The topological polar surface area (TPSA) is 103 Å². The molecule has 0 aliphatic carbocycles. The Morgan fingerprint density at radius 1 is 1.37 bits per heavy atom. The van der Waals surface area contributed by atoms with Crippen molar-refractivity contribution in [2.75, 3.05) is 5.73 Å². The molecule has 0 radical (unpaired) electrons. The van der Waals surface area contributed by atoms with Crippen molar-refractivity contribution in [3.63, 3.8) is 0 Å². The van der Waals surface area contributed by atoms with Gasteiger partial charge in [0.2, 0.25) is 10.0 Å². The highest BCUT2D eigenvalue weighted by atomic mass is 32.2. The second-order valence-electron chi connectivity index (χ2n) is 3.90. The minimum atomic E-state index is -3.65. The predicted octanol–water partition coefficient (Wildman–Crippen LogP) is 0.359. The lowest BCUT2D eigenvalue weighted by Gasteiger charge is -2.09. The van der Waals surface area contributed by atoms with Gasteiger partial charge in [-0.3, -0.25) is 0 Å². The first-order valence-electron chi connectivity index (χ1n) is 5.75. The number of nitrogen functional groups attached to an aromatic ring is 1. The normalized spacial score (nSPS) is 11.6. The minimum absolute atomic E-state index is 0.0672. The van der Waals surface area contributed by atoms with Crippen LogP contribution in [0.2, 0.25) is 0 Å². The van der Waals surface area contributed by atoms with E-state index >= 15 is 0 Å². The summed E-state index contributed by atoms with van der Waals surface area (Å²) in [5.74, 6) is 0.556. The number of hydrogen-bond donors (Lipinski definition) is 2. The summed E-state index contributed by atoms with van der Waals surface area (Å²) in [4.78, 5) is 0.0672. The zero-order valence-electron chi connectivity index (χ0n) is 10.4. The Balaban J connectivity index is 2.17. The van der Waals surface area contributed by atoms with Gasteiger partial charge in [-0.25, -0.2) is 13.1 Å². The first kappa shape index (κ1) is 13.5. The molecule has 1 aromatic carbocycles. The third-order valence-electron chi connectivity index (χ3n) is 2.67. The molecule has 0 aliphatic rings. The molecule has 0 saturated carbocycles. The van der Waals surface area contributed by atoms with Crippen LogP contribution in [0.4, 0.5) is 5.69 Å². The smallest absolute Gasteiger partial charge is 0.243 e. The fourth-order valence-electron chi connectivity index (χ4n) is 1.64. The largest absolute Gasteiger partial charge is 0.398 e. The number of sulfonamides is 1. The van der Waals surface area contributed by atoms with Gasteiger partial charge in [0.05, 0.1) is 12.2 Å². The van der Waals surface area contributed by atoms with Crippen LogP contribution in [0.5, 0.6) is 0 Å². The number of aromatic nitrogens is 3. The van der Waals surface area contributed by atoms with E-state index < -0.39 is 10.0 Å². The summed E-state index contributed by atoms with van der Waals surface area (Å²) < 4.78 is 28.4. The first-order valence-corrected chi connectivity index (χ1v) is 7.23. The Morgan fingerprint density at radius 2 is 2.11 bits per heavy atom. The molecular weight excluding hydrogens is 266 g/mol. The van der Waals surface area contributed by atoms with E-state index in [0.717, 1.165) is 0 Å². The Bertz CT molecular complexity index is 665. The van der Waals surface area contributed by atoms with Crippen molar-refractivity contribution < 1.29 is 8.42 Å². The van der Waals surface area contributed by atoms with Gasteiger partial charge in [0.1, 0.15) is 17.0 Å². The van der Waals surface area contributed by atoms with Gasteiger partial charge in [-0.15, -0.1) is 10.2 Å². The molecular formula is C11H15N5O2S. The molecule has 0 bridgehead atoms. The zero-order valence-corrected chi connectivity index (χ0v) is 11.3. The number of nitrogens with two attached hydrogens (primary N) is 1. The SMILES string of the molecule is CCn1cnnc1CNS(=O)(=O)c1ccccc1N. The number of hydrogen-bond acceptors (Lipinski definition) is 5. The van der Waals surface area contributed by atoms with E-state index in [-0.39, 0.29) is 17.1 Å².